The minimum Gasteiger partial charge on any atom is -0.370 e. The van der Waals surface area contributed by atoms with Crippen LogP contribution in [0.15, 0.2) is 70.6 Å². The SMILES string of the molecule is CCCCCCCCCCCCCCCC(=O)NC(C)(C)C(=O)N[C@@H](Cc1ccccc1)C(=O)N[C@@H](CC(C)C)C(=O)N(C)[C@@H](Cc1ccccc1)C(=O)N[C@@H](CCCN=C(N)N)C(=O)N1CCC[C@H]1C(=O)N[C@@H](CCCN=C(N)N)C(=O)N(C)[C@@H](CC(N)=O)C(N)=O. The van der Waals surface area contributed by atoms with E-state index >= 15 is 14.4 Å². The maximum atomic E-state index is 15.1. The number of carbonyl (C=O) groups is 10. The van der Waals surface area contributed by atoms with Gasteiger partial charge in [-0.2, -0.15) is 0 Å². The van der Waals surface area contributed by atoms with E-state index in [9.17, 15) is 33.6 Å². The summed E-state index contributed by atoms with van der Waals surface area (Å²) in [5.74, 6) is -7.63. The van der Waals surface area contributed by atoms with Crippen molar-refractivity contribution in [2.24, 2.45) is 50.3 Å². The van der Waals surface area contributed by atoms with Crippen LogP contribution in [0.2, 0.25) is 0 Å². The molecule has 2 aromatic carbocycles. The van der Waals surface area contributed by atoms with Crippen LogP contribution in [0.4, 0.5) is 0 Å². The number of rotatable bonds is 45. The minimum absolute atomic E-state index is 0.0313. The Labute approximate surface area is 550 Å². The summed E-state index contributed by atoms with van der Waals surface area (Å²) in [7, 11) is 2.68. The Kier molecular flexibility index (Phi) is 35.7. The summed E-state index contributed by atoms with van der Waals surface area (Å²) in [6, 6.07) is 8.93. The number of unbranched alkanes of at least 4 members (excludes halogenated alkanes) is 12. The predicted octanol–water partition coefficient (Wildman–Crippen LogP) is 2.95. The van der Waals surface area contributed by atoms with Crippen LogP contribution >= 0.6 is 0 Å². The van der Waals surface area contributed by atoms with E-state index in [1.165, 1.54) is 81.7 Å². The maximum absolute atomic E-state index is 15.1. The molecule has 1 aliphatic heterocycles. The zero-order valence-corrected chi connectivity index (χ0v) is 56.3. The number of nitrogens with one attached hydrogen (secondary N) is 5. The van der Waals surface area contributed by atoms with Crippen molar-refractivity contribution in [2.45, 2.75) is 237 Å². The van der Waals surface area contributed by atoms with Gasteiger partial charge in [0.05, 0.1) is 6.42 Å². The number of benzene rings is 2. The lowest BCUT2D eigenvalue weighted by Gasteiger charge is -2.34. The first kappa shape index (κ1) is 78.9. The molecule has 26 heteroatoms. The summed E-state index contributed by atoms with van der Waals surface area (Å²) in [4.78, 5) is 152. The van der Waals surface area contributed by atoms with Crippen molar-refractivity contribution in [1.29, 1.82) is 0 Å². The summed E-state index contributed by atoms with van der Waals surface area (Å²) in [6.07, 6.45) is 15.7. The molecule has 3 rings (SSSR count). The summed E-state index contributed by atoms with van der Waals surface area (Å²) in [5.41, 5.74) is 33.2. The van der Waals surface area contributed by atoms with Crippen LogP contribution in [0.25, 0.3) is 0 Å². The first-order chi connectivity index (χ1) is 44.2. The molecule has 17 N–H and O–H groups in total. The third-order valence-electron chi connectivity index (χ3n) is 16.6. The van der Waals surface area contributed by atoms with Crippen LogP contribution in [-0.4, -0.2) is 167 Å². The Morgan fingerprint density at radius 1 is 0.581 bits per heavy atom. The molecule has 1 fully saturated rings. The fraction of sp³-hybridized carbons (Fsp3) is 0.642. The normalized spacial score (nSPS) is 14.8. The van der Waals surface area contributed by atoms with E-state index in [1.54, 1.807) is 56.3 Å². The van der Waals surface area contributed by atoms with Gasteiger partial charge in [0.2, 0.25) is 59.1 Å². The molecular weight excluding hydrogens is 1190 g/mol. The van der Waals surface area contributed by atoms with Gasteiger partial charge in [0.15, 0.2) is 11.9 Å². The molecule has 518 valence electrons. The lowest BCUT2D eigenvalue weighted by Crippen LogP contribution is -2.62. The molecule has 10 amide bonds. The lowest BCUT2D eigenvalue weighted by atomic mass is 9.97. The average Bonchev–Trinajstić information content (AvgIpc) is 1.83. The van der Waals surface area contributed by atoms with Gasteiger partial charge < -0.3 is 75.7 Å². The fourth-order valence-corrected chi connectivity index (χ4v) is 11.4. The number of nitrogens with two attached hydrogens (primary N) is 6. The number of primary amides is 2. The molecule has 0 spiro atoms. The lowest BCUT2D eigenvalue weighted by molar-refractivity contribution is -0.146. The van der Waals surface area contributed by atoms with Gasteiger partial charge >= 0.3 is 0 Å². The van der Waals surface area contributed by atoms with Gasteiger partial charge in [0, 0.05) is 53.0 Å². The van der Waals surface area contributed by atoms with E-state index in [1.807, 2.05) is 32.0 Å². The van der Waals surface area contributed by atoms with Crippen LogP contribution in [0.3, 0.4) is 0 Å². The van der Waals surface area contributed by atoms with Gasteiger partial charge in [-0.1, -0.05) is 158 Å². The minimum atomic E-state index is -1.44. The molecule has 2 aromatic rings. The van der Waals surface area contributed by atoms with Crippen LogP contribution in [-0.2, 0) is 60.8 Å². The Bertz CT molecular complexity index is 2760. The van der Waals surface area contributed by atoms with Crippen molar-refractivity contribution >= 4 is 71.0 Å². The number of likely N-dealkylation sites (N-methyl/N-ethyl adjacent to an activating group) is 2. The van der Waals surface area contributed by atoms with E-state index in [0.717, 1.165) is 24.2 Å². The second-order valence-corrected chi connectivity index (χ2v) is 25.5. The highest BCUT2D eigenvalue weighted by molar-refractivity contribution is 5.99. The smallest absolute Gasteiger partial charge is 0.245 e. The van der Waals surface area contributed by atoms with Gasteiger partial charge in [0.1, 0.15) is 47.8 Å². The first-order valence-corrected chi connectivity index (χ1v) is 33.3. The van der Waals surface area contributed by atoms with E-state index in [-0.39, 0.29) is 101 Å². The Hall–Kier alpha value is -8.32. The van der Waals surface area contributed by atoms with E-state index in [2.05, 4.69) is 43.5 Å². The Balaban J connectivity index is 1.91. The molecule has 0 unspecified atom stereocenters. The fourth-order valence-electron chi connectivity index (χ4n) is 11.4. The highest BCUT2D eigenvalue weighted by Gasteiger charge is 2.42. The molecule has 1 aliphatic rings. The van der Waals surface area contributed by atoms with Crippen molar-refractivity contribution in [3.8, 4) is 0 Å². The van der Waals surface area contributed by atoms with Crippen molar-refractivity contribution in [3.05, 3.63) is 71.8 Å². The average molecular weight is 1300 g/mol. The predicted molar refractivity (Wildman–Crippen MR) is 361 cm³/mol. The molecule has 0 aliphatic carbocycles. The molecule has 1 saturated heterocycles. The van der Waals surface area contributed by atoms with Gasteiger partial charge in [-0.25, -0.2) is 0 Å². The number of aliphatic imine (C=N–C) groups is 2. The molecule has 93 heavy (non-hydrogen) atoms. The monoisotopic (exact) mass is 1300 g/mol. The largest absolute Gasteiger partial charge is 0.370 e. The zero-order chi connectivity index (χ0) is 69.0. The van der Waals surface area contributed by atoms with Crippen LogP contribution in [0.1, 0.15) is 187 Å². The molecule has 26 nitrogen and oxygen atoms in total. The molecule has 7 atom stereocenters. The highest BCUT2D eigenvalue weighted by Crippen LogP contribution is 2.23. The van der Waals surface area contributed by atoms with E-state index in [0.29, 0.717) is 24.0 Å². The summed E-state index contributed by atoms with van der Waals surface area (Å²) < 4.78 is 0. The van der Waals surface area contributed by atoms with Gasteiger partial charge in [-0.15, -0.1) is 0 Å². The summed E-state index contributed by atoms with van der Waals surface area (Å²) in [5, 5.41) is 14.3. The second-order valence-electron chi connectivity index (χ2n) is 25.5. The second kappa shape index (κ2) is 42.0. The molecular formula is C67H110N16O10. The number of amides is 10. The number of likely N-dealkylation sites (tertiary alicyclic amines) is 1. The third kappa shape index (κ3) is 29.5. The van der Waals surface area contributed by atoms with Crippen LogP contribution in [0.5, 0.6) is 0 Å². The number of hydrogen-bond donors (Lipinski definition) is 11. The van der Waals surface area contributed by atoms with Gasteiger partial charge in [-0.3, -0.25) is 57.9 Å². The molecule has 0 radical (unpaired) electrons. The molecule has 0 saturated carbocycles. The summed E-state index contributed by atoms with van der Waals surface area (Å²) >= 11 is 0. The van der Waals surface area contributed by atoms with Gasteiger partial charge in [0.25, 0.3) is 0 Å². The standard InChI is InChI=1S/C67H110N16O10/c1-8-9-10-11-12-13-14-15-16-17-18-19-26-37-56(85)80-67(4,5)64(93)79-50(42-46-30-22-20-23-31-46)58(87)78-51(41-45(2)3)62(91)82(7)54(43-47-32-24-21-25-33-47)60(89)77-49(35-28-39-75-66(72)73)63(92)83-40-29-36-52(83)59(88)76-48(34-27-38-74-65(70)71)61(90)81(6)53(57(69)86)44-55(68)84/h20-25,30-33,45,48-54H,8-19,26-29,34-44H2,1-7H3,(H2,68,84)(H2,69,86)(H,76,88)(H,77,89)(H,78,87)(H,79,93)(H,80,85)(H4,70,71,74)(H4,72,73,75)/t48-,49-,50-,51-,52-,53-,54-/m0/s1. The Morgan fingerprint density at radius 3 is 1.57 bits per heavy atom. The molecule has 1 heterocycles. The number of carbonyl (C=O) groups excluding carboxylic acids is 10. The maximum Gasteiger partial charge on any atom is 0.245 e. The molecule has 0 aromatic heterocycles. The van der Waals surface area contributed by atoms with Crippen LogP contribution in [0, 0.1) is 5.92 Å². The van der Waals surface area contributed by atoms with Crippen molar-refractivity contribution in [1.82, 2.24) is 41.3 Å². The number of guanidine groups is 2. The zero-order valence-electron chi connectivity index (χ0n) is 56.3. The topological polar surface area (TPSA) is 421 Å². The van der Waals surface area contributed by atoms with Crippen molar-refractivity contribution < 1.29 is 47.9 Å². The Morgan fingerprint density at radius 2 is 1.06 bits per heavy atom. The van der Waals surface area contributed by atoms with E-state index in [4.69, 9.17) is 34.4 Å². The molecule has 0 bridgehead atoms. The third-order valence-corrected chi connectivity index (χ3v) is 16.6. The van der Waals surface area contributed by atoms with Crippen LogP contribution < -0.4 is 61.0 Å². The quantitative estimate of drug-likeness (QED) is 0.0258. The summed E-state index contributed by atoms with van der Waals surface area (Å²) in [6.45, 7) is 9.31. The van der Waals surface area contributed by atoms with Gasteiger partial charge in [-0.05, 0) is 82.3 Å². The number of nitrogens with zero attached hydrogens (tertiary/aromatic N) is 5. The van der Waals surface area contributed by atoms with Crippen molar-refractivity contribution in [2.75, 3.05) is 33.7 Å². The van der Waals surface area contributed by atoms with Crippen molar-refractivity contribution in [3.63, 3.8) is 0 Å². The first-order valence-electron chi connectivity index (χ1n) is 33.3. The highest BCUT2D eigenvalue weighted by atomic mass is 16.2. The van der Waals surface area contributed by atoms with E-state index < -0.39 is 107 Å². The number of hydrogen-bond acceptors (Lipinski definition) is 12.